The van der Waals surface area contributed by atoms with E-state index in [0.717, 1.165) is 0 Å². The van der Waals surface area contributed by atoms with Crippen LogP contribution in [-0.4, -0.2) is 23.0 Å². The maximum absolute atomic E-state index is 13.8. The van der Waals surface area contributed by atoms with E-state index < -0.39 is 23.8 Å². The Hall–Kier alpha value is -2.74. The number of oxazole rings is 1. The van der Waals surface area contributed by atoms with Crippen LogP contribution in [0.3, 0.4) is 0 Å². The van der Waals surface area contributed by atoms with Crippen molar-refractivity contribution in [2.24, 2.45) is 0 Å². The van der Waals surface area contributed by atoms with E-state index >= 15 is 0 Å². The molecule has 1 aromatic heterocycles. The number of fused-ring (bicyclic) bond motifs is 1. The van der Waals surface area contributed by atoms with Crippen molar-refractivity contribution < 1.29 is 23.1 Å². The van der Waals surface area contributed by atoms with Crippen molar-refractivity contribution in [2.75, 3.05) is 5.32 Å². The van der Waals surface area contributed by atoms with Gasteiger partial charge < -0.3 is 14.5 Å². The Morgan fingerprint density at radius 2 is 2.12 bits per heavy atom. The number of aromatic nitrogens is 1. The molecule has 0 radical (unpaired) electrons. The summed E-state index contributed by atoms with van der Waals surface area (Å²) in [5.74, 6) is -1.98. The smallest absolute Gasteiger partial charge is 0.341 e. The number of benzene rings is 2. The maximum Gasteiger partial charge on any atom is 0.341 e. The SMILES string of the molecule is CC(OC(=O)c1cccc2ocnc12)C(=O)Nc1ccc(Br)cc1F. The highest BCUT2D eigenvalue weighted by molar-refractivity contribution is 9.10. The van der Waals surface area contributed by atoms with E-state index in [1.807, 2.05) is 0 Å². The van der Waals surface area contributed by atoms with Gasteiger partial charge in [-0.05, 0) is 37.3 Å². The van der Waals surface area contributed by atoms with Gasteiger partial charge in [-0.15, -0.1) is 0 Å². The second-order valence-corrected chi connectivity index (χ2v) is 6.08. The van der Waals surface area contributed by atoms with E-state index in [4.69, 9.17) is 9.15 Å². The fourth-order valence-corrected chi connectivity index (χ4v) is 2.49. The number of rotatable bonds is 4. The molecule has 128 valence electrons. The molecule has 3 rings (SSSR count). The summed E-state index contributed by atoms with van der Waals surface area (Å²) in [4.78, 5) is 28.4. The highest BCUT2D eigenvalue weighted by atomic mass is 79.9. The lowest BCUT2D eigenvalue weighted by atomic mass is 10.2. The van der Waals surface area contributed by atoms with Crippen molar-refractivity contribution in [1.82, 2.24) is 4.98 Å². The number of halogens is 2. The van der Waals surface area contributed by atoms with Gasteiger partial charge in [-0.1, -0.05) is 22.0 Å². The van der Waals surface area contributed by atoms with Crippen LogP contribution in [0.1, 0.15) is 17.3 Å². The fourth-order valence-electron chi connectivity index (χ4n) is 2.15. The molecule has 0 saturated heterocycles. The van der Waals surface area contributed by atoms with Gasteiger partial charge in [0.05, 0.1) is 11.3 Å². The lowest BCUT2D eigenvalue weighted by Gasteiger charge is -2.14. The number of amides is 1. The Bertz CT molecular complexity index is 957. The summed E-state index contributed by atoms with van der Waals surface area (Å²) in [5.41, 5.74) is 0.956. The van der Waals surface area contributed by atoms with Crippen LogP contribution in [-0.2, 0) is 9.53 Å². The molecule has 0 saturated carbocycles. The van der Waals surface area contributed by atoms with Crippen molar-refractivity contribution >= 4 is 44.6 Å². The van der Waals surface area contributed by atoms with Crippen molar-refractivity contribution in [3.63, 3.8) is 0 Å². The molecule has 0 bridgehead atoms. The zero-order chi connectivity index (χ0) is 18.0. The van der Waals surface area contributed by atoms with Crippen LogP contribution in [0.15, 0.2) is 51.7 Å². The quantitative estimate of drug-likeness (QED) is 0.664. The number of para-hydroxylation sites is 1. The molecule has 3 aromatic rings. The van der Waals surface area contributed by atoms with Crippen molar-refractivity contribution in [2.45, 2.75) is 13.0 Å². The number of nitrogens with zero attached hydrogens (tertiary/aromatic N) is 1. The molecule has 0 spiro atoms. The standard InChI is InChI=1S/C17H12BrFN2O4/c1-9(16(22)21-13-6-5-10(18)7-12(13)19)25-17(23)11-3-2-4-14-15(11)20-8-24-14/h2-9H,1H3,(H,21,22). The van der Waals surface area contributed by atoms with Crippen LogP contribution in [0.25, 0.3) is 11.1 Å². The summed E-state index contributed by atoms with van der Waals surface area (Å²) in [6.07, 6.45) is 0.0890. The summed E-state index contributed by atoms with van der Waals surface area (Å²) < 4.78 is 24.6. The topological polar surface area (TPSA) is 81.4 Å². The second kappa shape index (κ2) is 7.02. The monoisotopic (exact) mass is 406 g/mol. The number of hydrogen-bond acceptors (Lipinski definition) is 5. The van der Waals surface area contributed by atoms with Gasteiger partial charge in [-0.2, -0.15) is 0 Å². The van der Waals surface area contributed by atoms with Crippen molar-refractivity contribution in [3.8, 4) is 0 Å². The Morgan fingerprint density at radius 1 is 1.32 bits per heavy atom. The van der Waals surface area contributed by atoms with Gasteiger partial charge in [-0.3, -0.25) is 4.79 Å². The lowest BCUT2D eigenvalue weighted by molar-refractivity contribution is -0.123. The van der Waals surface area contributed by atoms with E-state index in [1.54, 1.807) is 18.2 Å². The molecule has 1 heterocycles. The van der Waals surface area contributed by atoms with Crippen molar-refractivity contribution in [1.29, 1.82) is 0 Å². The molecule has 1 unspecified atom stereocenters. The molecule has 6 nitrogen and oxygen atoms in total. The molecule has 0 fully saturated rings. The van der Waals surface area contributed by atoms with Gasteiger partial charge in [0.1, 0.15) is 11.3 Å². The van der Waals surface area contributed by atoms with Crippen LogP contribution in [0, 0.1) is 5.82 Å². The zero-order valence-electron chi connectivity index (χ0n) is 13.0. The number of carbonyl (C=O) groups excluding carboxylic acids is 2. The third kappa shape index (κ3) is 3.69. The number of esters is 1. The lowest BCUT2D eigenvalue weighted by Crippen LogP contribution is -2.30. The molecular weight excluding hydrogens is 395 g/mol. The molecule has 0 aliphatic carbocycles. The van der Waals surface area contributed by atoms with Crippen LogP contribution in [0.2, 0.25) is 0 Å². The minimum atomic E-state index is -1.13. The molecule has 25 heavy (non-hydrogen) atoms. The number of nitrogens with one attached hydrogen (secondary N) is 1. The van der Waals surface area contributed by atoms with E-state index in [-0.39, 0.29) is 11.3 Å². The van der Waals surface area contributed by atoms with E-state index in [1.165, 1.54) is 31.5 Å². The minimum Gasteiger partial charge on any atom is -0.449 e. The number of ether oxygens (including phenoxy) is 1. The molecule has 8 heteroatoms. The summed E-state index contributed by atoms with van der Waals surface area (Å²) in [7, 11) is 0. The first-order valence-corrected chi connectivity index (χ1v) is 8.04. The third-order valence-corrected chi connectivity index (χ3v) is 3.92. The minimum absolute atomic E-state index is 0.00491. The third-order valence-electron chi connectivity index (χ3n) is 3.42. The van der Waals surface area contributed by atoms with Crippen LogP contribution < -0.4 is 5.32 Å². The van der Waals surface area contributed by atoms with Crippen LogP contribution in [0.4, 0.5) is 10.1 Å². The predicted octanol–water partition coefficient (Wildman–Crippen LogP) is 3.91. The average Bonchev–Trinajstić information content (AvgIpc) is 3.05. The summed E-state index contributed by atoms with van der Waals surface area (Å²) >= 11 is 3.13. The summed E-state index contributed by atoms with van der Waals surface area (Å²) in [5, 5.41) is 2.38. The van der Waals surface area contributed by atoms with Gasteiger partial charge in [0.2, 0.25) is 0 Å². The first kappa shape index (κ1) is 17.1. The zero-order valence-corrected chi connectivity index (χ0v) is 14.5. The average molecular weight is 407 g/mol. The predicted molar refractivity (Wildman–Crippen MR) is 91.6 cm³/mol. The van der Waals surface area contributed by atoms with Crippen LogP contribution in [0.5, 0.6) is 0 Å². The largest absolute Gasteiger partial charge is 0.449 e. The Balaban J connectivity index is 1.70. The van der Waals surface area contributed by atoms with Crippen LogP contribution >= 0.6 is 15.9 Å². The molecule has 1 atom stereocenters. The molecule has 2 aromatic carbocycles. The van der Waals surface area contributed by atoms with Crippen molar-refractivity contribution in [3.05, 3.63) is 58.6 Å². The number of anilines is 1. The Morgan fingerprint density at radius 3 is 2.88 bits per heavy atom. The first-order chi connectivity index (χ1) is 12.0. The normalized spacial score (nSPS) is 12.0. The van der Waals surface area contributed by atoms with Gasteiger partial charge in [0, 0.05) is 4.47 Å². The Labute approximate surface area is 150 Å². The van der Waals surface area contributed by atoms with E-state index in [9.17, 15) is 14.0 Å². The highest BCUT2D eigenvalue weighted by Gasteiger charge is 2.22. The Kier molecular flexibility index (Phi) is 4.80. The summed E-state index contributed by atoms with van der Waals surface area (Å²) in [6.45, 7) is 1.40. The van der Waals surface area contributed by atoms with Gasteiger partial charge >= 0.3 is 5.97 Å². The first-order valence-electron chi connectivity index (χ1n) is 7.25. The van der Waals surface area contributed by atoms with E-state index in [0.29, 0.717) is 15.6 Å². The molecular formula is C17H12BrFN2O4. The molecule has 1 N–H and O–H groups in total. The number of carbonyl (C=O) groups is 2. The maximum atomic E-state index is 13.8. The molecule has 1 amide bonds. The van der Waals surface area contributed by atoms with E-state index in [2.05, 4.69) is 26.2 Å². The number of hydrogen-bond donors (Lipinski definition) is 1. The molecule has 0 aliphatic heterocycles. The van der Waals surface area contributed by atoms with Gasteiger partial charge in [0.25, 0.3) is 5.91 Å². The highest BCUT2D eigenvalue weighted by Crippen LogP contribution is 2.21. The molecule has 0 aliphatic rings. The fraction of sp³-hybridized carbons (Fsp3) is 0.118. The summed E-state index contributed by atoms with van der Waals surface area (Å²) in [6, 6.07) is 9.00. The van der Waals surface area contributed by atoms with Gasteiger partial charge in [-0.25, -0.2) is 14.2 Å². The second-order valence-electron chi connectivity index (χ2n) is 5.17. The van der Waals surface area contributed by atoms with Gasteiger partial charge in [0.15, 0.2) is 18.1 Å².